The molecule has 4 aliphatic heterocycles. The molecule has 0 bridgehead atoms. The number of nitrogens with zero attached hydrogens (tertiary/aromatic N) is 2. The normalized spacial score (nSPS) is 27.1. The standard InChI is InChI=1S/C25H27F5N6O/c26-24(27)10-12-35(13-11-24)15-16-4-3-7-21(32-16)33-23(37)20-14-31-22-9-8-19(34-36(20)22)17-5-1-2-6-18(17)25(28,29)30/h1-9,14,16,19,22,31-32,34H,10-13,15H2,(H,33,37). The summed E-state index contributed by atoms with van der Waals surface area (Å²) < 4.78 is 67.5. The van der Waals surface area contributed by atoms with Crippen LogP contribution in [-0.4, -0.2) is 53.6 Å². The van der Waals surface area contributed by atoms with E-state index in [1.165, 1.54) is 23.3 Å². The molecule has 4 heterocycles. The minimum atomic E-state index is -4.51. The Morgan fingerprint density at radius 3 is 2.62 bits per heavy atom. The van der Waals surface area contributed by atoms with E-state index >= 15 is 0 Å². The lowest BCUT2D eigenvalue weighted by molar-refractivity contribution is -0.138. The zero-order chi connectivity index (χ0) is 26.2. The SMILES string of the molecule is O=C(NC1=CC=CC(CN2CCC(F)(F)CC2)N1)C1=CNC2C=CC(c3ccccc3C(F)(F)F)NN12. The van der Waals surface area contributed by atoms with E-state index in [4.69, 9.17) is 0 Å². The summed E-state index contributed by atoms with van der Waals surface area (Å²) in [6.45, 7) is 1.12. The van der Waals surface area contributed by atoms with Crippen molar-refractivity contribution in [1.82, 2.24) is 31.3 Å². The second kappa shape index (κ2) is 9.82. The molecule has 0 radical (unpaired) electrons. The predicted octanol–water partition coefficient (Wildman–Crippen LogP) is 3.11. The summed E-state index contributed by atoms with van der Waals surface area (Å²) in [7, 11) is 0. The van der Waals surface area contributed by atoms with Gasteiger partial charge in [0.15, 0.2) is 0 Å². The second-order valence-corrected chi connectivity index (χ2v) is 9.41. The fourth-order valence-electron chi connectivity index (χ4n) is 4.83. The molecule has 1 aromatic carbocycles. The first kappa shape index (κ1) is 25.3. The third kappa shape index (κ3) is 5.64. The molecule has 7 nitrogen and oxygen atoms in total. The number of likely N-dealkylation sites (tertiary alicyclic amines) is 1. The molecule has 1 aromatic rings. The van der Waals surface area contributed by atoms with Crippen LogP contribution in [0.25, 0.3) is 0 Å². The monoisotopic (exact) mass is 522 g/mol. The van der Waals surface area contributed by atoms with E-state index in [1.807, 2.05) is 11.0 Å². The van der Waals surface area contributed by atoms with Gasteiger partial charge in [-0.2, -0.15) is 13.2 Å². The van der Waals surface area contributed by atoms with Crippen LogP contribution in [0.5, 0.6) is 0 Å². The van der Waals surface area contributed by atoms with Crippen molar-refractivity contribution in [2.75, 3.05) is 19.6 Å². The van der Waals surface area contributed by atoms with Gasteiger partial charge in [0.2, 0.25) is 0 Å². The average Bonchev–Trinajstić information content (AvgIpc) is 3.29. The quantitative estimate of drug-likeness (QED) is 0.352. The minimum absolute atomic E-state index is 0.0523. The Labute approximate surface area is 210 Å². The number of halogens is 5. The lowest BCUT2D eigenvalue weighted by Crippen LogP contribution is -2.52. The number of benzene rings is 1. The summed E-state index contributed by atoms with van der Waals surface area (Å²) in [6, 6.07) is 4.36. The van der Waals surface area contributed by atoms with Crippen LogP contribution in [0.4, 0.5) is 22.0 Å². The average molecular weight is 523 g/mol. The molecule has 4 N–H and O–H groups in total. The molecule has 198 valence electrons. The topological polar surface area (TPSA) is 71.7 Å². The molecule has 5 rings (SSSR count). The van der Waals surface area contributed by atoms with Crippen molar-refractivity contribution in [3.05, 3.63) is 83.5 Å². The van der Waals surface area contributed by atoms with Crippen LogP contribution in [0.3, 0.4) is 0 Å². The van der Waals surface area contributed by atoms with Gasteiger partial charge in [-0.3, -0.25) is 9.80 Å². The third-order valence-corrected chi connectivity index (χ3v) is 6.76. The van der Waals surface area contributed by atoms with Crippen LogP contribution in [0, 0.1) is 0 Å². The highest BCUT2D eigenvalue weighted by atomic mass is 19.4. The second-order valence-electron chi connectivity index (χ2n) is 9.41. The number of carbonyl (C=O) groups excluding carboxylic acids is 1. The lowest BCUT2D eigenvalue weighted by Gasteiger charge is -2.36. The number of rotatable bonds is 5. The fraction of sp³-hybridized carbons (Fsp3) is 0.400. The fourth-order valence-corrected chi connectivity index (χ4v) is 4.83. The van der Waals surface area contributed by atoms with Crippen LogP contribution < -0.4 is 21.4 Å². The lowest BCUT2D eigenvalue weighted by atomic mass is 9.99. The van der Waals surface area contributed by atoms with Gasteiger partial charge in [0.1, 0.15) is 17.7 Å². The van der Waals surface area contributed by atoms with Crippen molar-refractivity contribution in [2.24, 2.45) is 0 Å². The Morgan fingerprint density at radius 2 is 1.86 bits per heavy atom. The molecule has 1 amide bonds. The van der Waals surface area contributed by atoms with Crippen molar-refractivity contribution >= 4 is 5.91 Å². The summed E-state index contributed by atoms with van der Waals surface area (Å²) in [6.07, 6.45) is 4.90. The van der Waals surface area contributed by atoms with Gasteiger partial charge in [0, 0.05) is 38.7 Å². The minimum Gasteiger partial charge on any atom is -0.365 e. The third-order valence-electron chi connectivity index (χ3n) is 6.76. The first-order valence-corrected chi connectivity index (χ1v) is 12.0. The number of dihydropyridines is 1. The zero-order valence-electron chi connectivity index (χ0n) is 19.7. The van der Waals surface area contributed by atoms with Crippen molar-refractivity contribution < 1.29 is 26.7 Å². The summed E-state index contributed by atoms with van der Waals surface area (Å²) in [5, 5.41) is 10.5. The van der Waals surface area contributed by atoms with Crippen LogP contribution in [0.15, 0.2) is 72.4 Å². The number of fused-ring (bicyclic) bond motifs is 1. The number of alkyl halides is 5. The smallest absolute Gasteiger partial charge is 0.365 e. The first-order chi connectivity index (χ1) is 17.6. The number of hydrazine groups is 1. The molecule has 3 unspecified atom stereocenters. The van der Waals surface area contributed by atoms with E-state index in [1.54, 1.807) is 30.4 Å². The summed E-state index contributed by atoms with van der Waals surface area (Å²) in [4.78, 5) is 15.1. The van der Waals surface area contributed by atoms with Crippen molar-refractivity contribution in [3.8, 4) is 0 Å². The molecule has 12 heteroatoms. The van der Waals surface area contributed by atoms with E-state index in [-0.39, 0.29) is 30.1 Å². The number of hydrogen-bond acceptors (Lipinski definition) is 6. The molecule has 37 heavy (non-hydrogen) atoms. The largest absolute Gasteiger partial charge is 0.416 e. The first-order valence-electron chi connectivity index (χ1n) is 12.0. The van der Waals surface area contributed by atoms with Crippen LogP contribution in [0.2, 0.25) is 0 Å². The highest BCUT2D eigenvalue weighted by Gasteiger charge is 2.38. The molecule has 3 atom stereocenters. The number of hydrogen-bond donors (Lipinski definition) is 4. The van der Waals surface area contributed by atoms with Crippen LogP contribution >= 0.6 is 0 Å². The summed E-state index contributed by atoms with van der Waals surface area (Å²) >= 11 is 0. The Morgan fingerprint density at radius 1 is 1.11 bits per heavy atom. The zero-order valence-corrected chi connectivity index (χ0v) is 19.7. The molecule has 4 aliphatic rings. The number of allylic oxidation sites excluding steroid dienone is 2. The predicted molar refractivity (Wildman–Crippen MR) is 126 cm³/mol. The number of nitrogens with one attached hydrogen (secondary N) is 4. The van der Waals surface area contributed by atoms with Gasteiger partial charge in [0.25, 0.3) is 11.8 Å². The van der Waals surface area contributed by atoms with E-state index in [0.29, 0.717) is 25.5 Å². The maximum Gasteiger partial charge on any atom is 0.416 e. The Bertz CT molecular complexity index is 1150. The number of amides is 1. The summed E-state index contributed by atoms with van der Waals surface area (Å²) in [5.74, 6) is -2.64. The Hall–Kier alpha value is -3.38. The molecule has 0 aromatic heterocycles. The van der Waals surface area contributed by atoms with Gasteiger partial charge in [-0.1, -0.05) is 36.4 Å². The molecule has 1 fully saturated rings. The number of carbonyl (C=O) groups is 1. The van der Waals surface area contributed by atoms with Crippen molar-refractivity contribution in [2.45, 2.75) is 43.2 Å². The molecular formula is C25H27F5N6O. The molecule has 0 spiro atoms. The molecule has 1 saturated heterocycles. The van der Waals surface area contributed by atoms with E-state index in [2.05, 4.69) is 21.4 Å². The van der Waals surface area contributed by atoms with Gasteiger partial charge in [0.05, 0.1) is 17.6 Å². The molecule has 0 aliphatic carbocycles. The van der Waals surface area contributed by atoms with Gasteiger partial charge in [-0.05, 0) is 23.8 Å². The highest BCUT2D eigenvalue weighted by Crippen LogP contribution is 2.36. The van der Waals surface area contributed by atoms with E-state index in [9.17, 15) is 26.7 Å². The Kier molecular flexibility index (Phi) is 6.71. The summed E-state index contributed by atoms with van der Waals surface area (Å²) in [5.41, 5.74) is 2.53. The highest BCUT2D eigenvalue weighted by molar-refractivity contribution is 5.94. The molecule has 0 saturated carbocycles. The van der Waals surface area contributed by atoms with Crippen LogP contribution in [0.1, 0.15) is 30.0 Å². The van der Waals surface area contributed by atoms with Gasteiger partial charge in [-0.25, -0.2) is 14.2 Å². The maximum absolute atomic E-state index is 13.5. The van der Waals surface area contributed by atoms with Crippen LogP contribution in [-0.2, 0) is 11.0 Å². The Balaban J connectivity index is 1.21. The van der Waals surface area contributed by atoms with Gasteiger partial charge >= 0.3 is 6.18 Å². The van der Waals surface area contributed by atoms with Crippen molar-refractivity contribution in [1.29, 1.82) is 0 Å². The van der Waals surface area contributed by atoms with E-state index in [0.717, 1.165) is 6.07 Å². The molecular weight excluding hydrogens is 495 g/mol. The van der Waals surface area contributed by atoms with Crippen molar-refractivity contribution in [3.63, 3.8) is 0 Å². The van der Waals surface area contributed by atoms with Gasteiger partial charge in [-0.15, -0.1) is 0 Å². The van der Waals surface area contributed by atoms with Gasteiger partial charge < -0.3 is 20.9 Å². The number of piperidine rings is 1. The van der Waals surface area contributed by atoms with E-state index < -0.39 is 35.8 Å². The maximum atomic E-state index is 13.5.